The zero-order valence-electron chi connectivity index (χ0n) is 12.0. The summed E-state index contributed by atoms with van der Waals surface area (Å²) < 4.78 is 38.5. The van der Waals surface area contributed by atoms with E-state index in [0.717, 1.165) is 12.8 Å². The van der Waals surface area contributed by atoms with Crippen molar-refractivity contribution in [3.05, 3.63) is 12.7 Å². The molecular weight excluding hydrogens is 296 g/mol. The van der Waals surface area contributed by atoms with Gasteiger partial charge in [-0.1, -0.05) is 0 Å². The van der Waals surface area contributed by atoms with E-state index in [0.29, 0.717) is 32.8 Å². The molecule has 1 aromatic rings. The summed E-state index contributed by atoms with van der Waals surface area (Å²) in [6.45, 7) is 2.22. The van der Waals surface area contributed by atoms with E-state index in [-0.39, 0.29) is 6.10 Å². The maximum Gasteiger partial charge on any atom is 0.211 e. The van der Waals surface area contributed by atoms with Gasteiger partial charge in [0.2, 0.25) is 10.0 Å². The van der Waals surface area contributed by atoms with E-state index < -0.39 is 15.6 Å². The zero-order chi connectivity index (χ0) is 14.9. The van der Waals surface area contributed by atoms with Crippen molar-refractivity contribution < 1.29 is 17.9 Å². The molecule has 1 aromatic heterocycles. The summed E-state index contributed by atoms with van der Waals surface area (Å²) in [7, 11) is -3.23. The van der Waals surface area contributed by atoms with Crippen LogP contribution in [0.2, 0.25) is 0 Å². The van der Waals surface area contributed by atoms with Crippen molar-refractivity contribution in [2.24, 2.45) is 0 Å². The highest BCUT2D eigenvalue weighted by molar-refractivity contribution is 7.88. The quantitative estimate of drug-likeness (QED) is 0.746. The van der Waals surface area contributed by atoms with E-state index in [4.69, 9.17) is 9.47 Å². The lowest BCUT2D eigenvalue weighted by Gasteiger charge is -2.30. The van der Waals surface area contributed by atoms with Crippen molar-refractivity contribution in [2.45, 2.75) is 31.1 Å². The van der Waals surface area contributed by atoms with Gasteiger partial charge < -0.3 is 9.47 Å². The molecule has 9 heteroatoms. The third-order valence-corrected chi connectivity index (χ3v) is 5.23. The predicted molar refractivity (Wildman–Crippen MR) is 74.1 cm³/mol. The maximum absolute atomic E-state index is 11.8. The van der Waals surface area contributed by atoms with Crippen LogP contribution in [0.5, 0.6) is 0 Å². The molecule has 2 saturated heterocycles. The van der Waals surface area contributed by atoms with E-state index >= 15 is 0 Å². The molecular formula is C12H20N4O4S. The monoisotopic (exact) mass is 316 g/mol. The molecule has 0 bridgehead atoms. The fourth-order valence-corrected chi connectivity index (χ4v) is 3.81. The Hall–Kier alpha value is -1.03. The Morgan fingerprint density at radius 1 is 1.48 bits per heavy atom. The van der Waals surface area contributed by atoms with Crippen LogP contribution in [0.15, 0.2) is 12.7 Å². The van der Waals surface area contributed by atoms with Gasteiger partial charge in [-0.25, -0.2) is 13.4 Å². The highest BCUT2D eigenvalue weighted by Crippen LogP contribution is 2.34. The molecule has 0 saturated carbocycles. The van der Waals surface area contributed by atoms with Gasteiger partial charge in [0.15, 0.2) is 0 Å². The number of hydrogen-bond donors (Lipinski definition) is 0. The average Bonchev–Trinajstić information content (AvgIpc) is 2.98. The lowest BCUT2D eigenvalue weighted by atomic mass is 10.0. The number of ether oxygens (including phenoxy) is 2. The van der Waals surface area contributed by atoms with Crippen molar-refractivity contribution in [1.82, 2.24) is 19.1 Å². The minimum Gasteiger partial charge on any atom is -0.377 e. The molecule has 0 amide bonds. The second-order valence-corrected chi connectivity index (χ2v) is 7.71. The summed E-state index contributed by atoms with van der Waals surface area (Å²) >= 11 is 0. The molecule has 2 aliphatic rings. The van der Waals surface area contributed by atoms with E-state index in [1.165, 1.54) is 16.9 Å². The van der Waals surface area contributed by atoms with Gasteiger partial charge in [0.05, 0.1) is 32.1 Å². The molecule has 2 fully saturated rings. The Balaban J connectivity index is 1.69. The molecule has 0 radical (unpaired) electrons. The summed E-state index contributed by atoms with van der Waals surface area (Å²) in [6.07, 6.45) is 6.04. The second-order valence-electron chi connectivity index (χ2n) is 5.73. The SMILES string of the molecule is CS(=O)(=O)N1CCOC[C@]2(CC[C@@H](Cn3cncn3)O2)C1. The summed E-state index contributed by atoms with van der Waals surface area (Å²) in [5.74, 6) is 0. The number of nitrogens with zero attached hydrogens (tertiary/aromatic N) is 4. The third-order valence-electron chi connectivity index (χ3n) is 3.98. The largest absolute Gasteiger partial charge is 0.377 e. The van der Waals surface area contributed by atoms with Crippen molar-refractivity contribution in [3.8, 4) is 0 Å². The smallest absolute Gasteiger partial charge is 0.211 e. The Kier molecular flexibility index (Phi) is 4.00. The highest BCUT2D eigenvalue weighted by Gasteiger charge is 2.44. The first-order valence-electron chi connectivity index (χ1n) is 7.00. The maximum atomic E-state index is 11.8. The third kappa shape index (κ3) is 3.42. The Bertz CT molecular complexity index is 576. The first-order chi connectivity index (χ1) is 9.97. The van der Waals surface area contributed by atoms with E-state index in [9.17, 15) is 8.42 Å². The lowest BCUT2D eigenvalue weighted by Crippen LogP contribution is -2.46. The molecule has 3 heterocycles. The molecule has 1 spiro atoms. The van der Waals surface area contributed by atoms with Gasteiger partial charge in [-0.3, -0.25) is 4.68 Å². The average molecular weight is 316 g/mol. The number of aromatic nitrogens is 3. The highest BCUT2D eigenvalue weighted by atomic mass is 32.2. The molecule has 8 nitrogen and oxygen atoms in total. The van der Waals surface area contributed by atoms with Gasteiger partial charge in [-0.15, -0.1) is 0 Å². The first-order valence-corrected chi connectivity index (χ1v) is 8.85. The molecule has 118 valence electrons. The summed E-state index contributed by atoms with van der Waals surface area (Å²) in [4.78, 5) is 3.91. The van der Waals surface area contributed by atoms with Gasteiger partial charge in [-0.05, 0) is 12.8 Å². The normalized spacial score (nSPS) is 31.6. The molecule has 3 rings (SSSR count). The Morgan fingerprint density at radius 3 is 3.05 bits per heavy atom. The molecule has 21 heavy (non-hydrogen) atoms. The van der Waals surface area contributed by atoms with Crippen LogP contribution >= 0.6 is 0 Å². The van der Waals surface area contributed by atoms with Crippen LogP contribution in [0, 0.1) is 0 Å². The summed E-state index contributed by atoms with van der Waals surface area (Å²) in [5.41, 5.74) is -0.537. The fourth-order valence-electron chi connectivity index (χ4n) is 2.94. The Morgan fingerprint density at radius 2 is 2.33 bits per heavy atom. The van der Waals surface area contributed by atoms with Gasteiger partial charge in [0.25, 0.3) is 0 Å². The minimum atomic E-state index is -3.23. The predicted octanol–water partition coefficient (Wildman–Crippen LogP) is -0.512. The lowest BCUT2D eigenvalue weighted by molar-refractivity contribution is -0.0860. The minimum absolute atomic E-state index is 0.00908. The van der Waals surface area contributed by atoms with Crippen molar-refractivity contribution in [3.63, 3.8) is 0 Å². The van der Waals surface area contributed by atoms with E-state index in [2.05, 4.69) is 10.1 Å². The summed E-state index contributed by atoms with van der Waals surface area (Å²) in [5, 5.41) is 4.07. The van der Waals surface area contributed by atoms with Crippen LogP contribution in [-0.2, 0) is 26.0 Å². The molecule has 0 N–H and O–H groups in total. The van der Waals surface area contributed by atoms with Crippen molar-refractivity contribution in [1.29, 1.82) is 0 Å². The van der Waals surface area contributed by atoms with E-state index in [1.54, 1.807) is 11.0 Å². The fraction of sp³-hybridized carbons (Fsp3) is 0.833. The van der Waals surface area contributed by atoms with Gasteiger partial charge >= 0.3 is 0 Å². The number of hydrogen-bond acceptors (Lipinski definition) is 6. The second kappa shape index (κ2) is 5.64. The van der Waals surface area contributed by atoms with Crippen molar-refractivity contribution >= 4 is 10.0 Å². The molecule has 2 aliphatic heterocycles. The topological polar surface area (TPSA) is 86.6 Å². The molecule has 0 aliphatic carbocycles. The van der Waals surface area contributed by atoms with Crippen LogP contribution in [0.3, 0.4) is 0 Å². The molecule has 2 atom stereocenters. The number of rotatable bonds is 3. The van der Waals surface area contributed by atoms with Crippen LogP contribution < -0.4 is 0 Å². The van der Waals surface area contributed by atoms with Gasteiger partial charge in [-0.2, -0.15) is 9.40 Å². The number of sulfonamides is 1. The van der Waals surface area contributed by atoms with Crippen LogP contribution in [0.4, 0.5) is 0 Å². The van der Waals surface area contributed by atoms with Crippen molar-refractivity contribution in [2.75, 3.05) is 32.6 Å². The van der Waals surface area contributed by atoms with Crippen LogP contribution in [0.1, 0.15) is 12.8 Å². The molecule has 0 aromatic carbocycles. The first kappa shape index (κ1) is 14.9. The molecule has 0 unspecified atom stereocenters. The Labute approximate surface area is 124 Å². The van der Waals surface area contributed by atoms with Gasteiger partial charge in [0.1, 0.15) is 18.3 Å². The zero-order valence-corrected chi connectivity index (χ0v) is 12.8. The summed E-state index contributed by atoms with van der Waals surface area (Å²) in [6, 6.07) is 0. The standard InChI is InChI=1S/C12H20N4O4S/c1-21(17,18)16-4-5-19-8-12(7-16)3-2-11(20-12)6-15-10-13-9-14-15/h9-11H,2-8H2,1H3/t11-,12-/m0/s1. The van der Waals surface area contributed by atoms with Crippen LogP contribution in [0.25, 0.3) is 0 Å². The van der Waals surface area contributed by atoms with Crippen LogP contribution in [-0.4, -0.2) is 71.8 Å². The van der Waals surface area contributed by atoms with Gasteiger partial charge in [0, 0.05) is 13.1 Å². The van der Waals surface area contributed by atoms with E-state index in [1.807, 2.05) is 0 Å².